The van der Waals surface area contributed by atoms with E-state index in [4.69, 9.17) is 23.7 Å². The van der Waals surface area contributed by atoms with Crippen LogP contribution in [-0.4, -0.2) is 68.8 Å². The first-order valence-electron chi connectivity index (χ1n) is 15.1. The fraction of sp³-hybridized carbons (Fsp3) is 0.581. The van der Waals surface area contributed by atoms with Crippen LogP contribution in [0.2, 0.25) is 0 Å². The summed E-state index contributed by atoms with van der Waals surface area (Å²) in [4.78, 5) is 49.4. The van der Waals surface area contributed by atoms with Crippen LogP contribution in [0.1, 0.15) is 83.8 Å². The third-order valence-electron chi connectivity index (χ3n) is 7.44. The van der Waals surface area contributed by atoms with Crippen LogP contribution in [0, 0.1) is 5.41 Å². The summed E-state index contributed by atoms with van der Waals surface area (Å²) in [6, 6.07) is 6.70. The molecule has 2 aromatic heterocycles. The lowest BCUT2D eigenvalue weighted by atomic mass is 9.97. The Kier molecular flexibility index (Phi) is 9.10. The molecule has 0 radical (unpaired) electrons. The maximum Gasteiger partial charge on any atom is 0.338 e. The minimum atomic E-state index is -0.898. The van der Waals surface area contributed by atoms with Gasteiger partial charge in [-0.3, -0.25) is 19.1 Å². The van der Waals surface area contributed by atoms with Crippen molar-refractivity contribution in [1.82, 2.24) is 19.5 Å². The molecule has 2 aliphatic heterocycles. The molecule has 44 heavy (non-hydrogen) atoms. The number of nitrogens with one attached hydrogen (secondary N) is 2. The van der Waals surface area contributed by atoms with Gasteiger partial charge >= 0.3 is 11.9 Å². The van der Waals surface area contributed by atoms with Crippen LogP contribution in [0.5, 0.6) is 0 Å². The van der Waals surface area contributed by atoms with Crippen molar-refractivity contribution in [2.45, 2.75) is 97.6 Å². The fourth-order valence-electron chi connectivity index (χ4n) is 5.17. The molecule has 0 unspecified atom stereocenters. The average Bonchev–Trinajstić information content (AvgIpc) is 3.62. The molecule has 13 nitrogen and oxygen atoms in total. The van der Waals surface area contributed by atoms with E-state index in [1.807, 2.05) is 0 Å². The molecule has 2 N–H and O–H groups in total. The number of carbonyl (C=O) groups excluding carboxylic acids is 2. The minimum Gasteiger partial charge on any atom is -0.462 e. The highest BCUT2D eigenvalue weighted by Crippen LogP contribution is 2.43. The number of fused-ring (bicyclic) bond motifs is 2. The van der Waals surface area contributed by atoms with E-state index in [0.717, 1.165) is 25.7 Å². The molecule has 2 saturated heterocycles. The summed E-state index contributed by atoms with van der Waals surface area (Å²) in [6.07, 6.45) is 3.11. The molecule has 4 atom stereocenters. The van der Waals surface area contributed by atoms with Crippen molar-refractivity contribution in [1.29, 1.82) is 0 Å². The molecule has 3 aromatic rings. The number of carbonyl (C=O) groups is 2. The summed E-state index contributed by atoms with van der Waals surface area (Å²) in [7, 11) is 0. The van der Waals surface area contributed by atoms with Crippen LogP contribution < -0.4 is 10.9 Å². The number of rotatable bonds is 11. The molecule has 5 rings (SSSR count). The monoisotopic (exact) mass is 611 g/mol. The zero-order valence-corrected chi connectivity index (χ0v) is 26.0. The van der Waals surface area contributed by atoms with Gasteiger partial charge in [-0.1, -0.05) is 26.2 Å². The van der Waals surface area contributed by atoms with Crippen molar-refractivity contribution >= 4 is 34.7 Å². The Hall–Kier alpha value is -3.81. The third kappa shape index (κ3) is 6.95. The molecule has 238 valence electrons. The molecule has 2 aliphatic rings. The second kappa shape index (κ2) is 12.7. The van der Waals surface area contributed by atoms with Gasteiger partial charge in [-0.15, -0.1) is 0 Å². The number of H-pyrrole nitrogens is 1. The molecule has 0 spiro atoms. The van der Waals surface area contributed by atoms with Crippen LogP contribution in [0.15, 0.2) is 35.4 Å². The zero-order chi connectivity index (χ0) is 31.6. The van der Waals surface area contributed by atoms with E-state index in [-0.39, 0.29) is 35.7 Å². The maximum atomic E-state index is 13.0. The van der Waals surface area contributed by atoms with Crippen LogP contribution in [0.3, 0.4) is 0 Å². The molecule has 4 heterocycles. The van der Waals surface area contributed by atoms with Crippen molar-refractivity contribution in [3.63, 3.8) is 0 Å². The van der Waals surface area contributed by atoms with E-state index in [1.54, 1.807) is 63.5 Å². The Morgan fingerprint density at radius 3 is 2.50 bits per heavy atom. The van der Waals surface area contributed by atoms with E-state index in [0.29, 0.717) is 17.9 Å². The van der Waals surface area contributed by atoms with Crippen LogP contribution in [0.4, 0.5) is 11.6 Å². The molecular formula is C31H41N5O8. The van der Waals surface area contributed by atoms with Gasteiger partial charge in [0.2, 0.25) is 5.95 Å². The van der Waals surface area contributed by atoms with Crippen molar-refractivity contribution in [3.8, 4) is 0 Å². The van der Waals surface area contributed by atoms with Crippen molar-refractivity contribution in [3.05, 3.63) is 46.5 Å². The van der Waals surface area contributed by atoms with Crippen molar-refractivity contribution < 1.29 is 33.3 Å². The first-order chi connectivity index (χ1) is 20.9. The molecule has 2 fully saturated rings. The summed E-state index contributed by atoms with van der Waals surface area (Å²) in [6.45, 7) is 11.4. The van der Waals surface area contributed by atoms with Gasteiger partial charge in [0.1, 0.15) is 24.9 Å². The lowest BCUT2D eigenvalue weighted by molar-refractivity contribution is -0.203. The highest BCUT2D eigenvalue weighted by atomic mass is 16.8. The average molecular weight is 612 g/mol. The smallest absolute Gasteiger partial charge is 0.338 e. The van der Waals surface area contributed by atoms with Crippen LogP contribution in [0.25, 0.3) is 11.2 Å². The van der Waals surface area contributed by atoms with E-state index in [2.05, 4.69) is 27.2 Å². The summed E-state index contributed by atoms with van der Waals surface area (Å²) < 4.78 is 31.1. The molecule has 0 aliphatic carbocycles. The van der Waals surface area contributed by atoms with Gasteiger partial charge in [0.15, 0.2) is 23.2 Å². The number of benzene rings is 1. The van der Waals surface area contributed by atoms with Gasteiger partial charge in [-0.2, -0.15) is 4.98 Å². The van der Waals surface area contributed by atoms with Gasteiger partial charge in [0.05, 0.1) is 23.9 Å². The van der Waals surface area contributed by atoms with Crippen molar-refractivity contribution in [2.75, 3.05) is 18.5 Å². The summed E-state index contributed by atoms with van der Waals surface area (Å²) in [5, 5.41) is 3.08. The predicted octanol–water partition coefficient (Wildman–Crippen LogP) is 4.61. The normalized spacial score (nSPS) is 22.6. The number of aromatic amines is 1. The number of esters is 2. The second-order valence-electron chi connectivity index (χ2n) is 12.6. The summed E-state index contributed by atoms with van der Waals surface area (Å²) >= 11 is 0. The Balaban J connectivity index is 1.32. The number of ether oxygens (including phenoxy) is 5. The fourth-order valence-corrected chi connectivity index (χ4v) is 5.17. The number of imidazole rings is 1. The first kappa shape index (κ1) is 31.6. The SMILES string of the molecule is CCCCCCOC(=O)c1ccc(Nc2nc3c(ncn3[C@@H]3O[C@H](COC(=O)C(C)(C)C)[C@H]4OC(C)(C)O[C@H]43)c(=O)[nH]2)cc1. The predicted molar refractivity (Wildman–Crippen MR) is 160 cm³/mol. The van der Waals surface area contributed by atoms with Gasteiger partial charge in [0.25, 0.3) is 5.56 Å². The van der Waals surface area contributed by atoms with E-state index in [9.17, 15) is 14.4 Å². The Bertz CT molecular complexity index is 1540. The standard InChI is InChI=1S/C31H41N5O8/c1-7-8-9-10-15-40-27(38)18-11-13-19(14-12-18)33-29-34-24-21(25(37)35-29)32-17-36(24)26-23-22(43-31(5,6)44-23)20(42-26)16-41-28(39)30(2,3)4/h11-14,17,20,22-23,26H,7-10,15-16H2,1-6H3,(H2,33,34,35,37)/t20-,22-,23-,26-/m1/s1. The van der Waals surface area contributed by atoms with Gasteiger partial charge in [-0.25, -0.2) is 9.78 Å². The topological polar surface area (TPSA) is 156 Å². The van der Waals surface area contributed by atoms with Gasteiger partial charge in [0, 0.05) is 5.69 Å². The number of hydrogen-bond acceptors (Lipinski definition) is 11. The van der Waals surface area contributed by atoms with Crippen LogP contribution >= 0.6 is 0 Å². The van der Waals surface area contributed by atoms with E-state index >= 15 is 0 Å². The highest BCUT2D eigenvalue weighted by molar-refractivity contribution is 5.89. The van der Waals surface area contributed by atoms with Crippen molar-refractivity contribution in [2.24, 2.45) is 5.41 Å². The molecule has 13 heteroatoms. The van der Waals surface area contributed by atoms with E-state index < -0.39 is 41.3 Å². The minimum absolute atomic E-state index is 0.0247. The summed E-state index contributed by atoms with van der Waals surface area (Å²) in [5.74, 6) is -1.47. The Morgan fingerprint density at radius 1 is 1.07 bits per heavy atom. The largest absolute Gasteiger partial charge is 0.462 e. The summed E-state index contributed by atoms with van der Waals surface area (Å²) in [5.41, 5.74) is 0.297. The highest BCUT2D eigenvalue weighted by Gasteiger charge is 2.56. The maximum absolute atomic E-state index is 13.0. The van der Waals surface area contributed by atoms with Crippen LogP contribution in [-0.2, 0) is 28.5 Å². The Morgan fingerprint density at radius 2 is 1.80 bits per heavy atom. The molecule has 0 saturated carbocycles. The van der Waals surface area contributed by atoms with Gasteiger partial charge in [-0.05, 0) is 65.3 Å². The second-order valence-corrected chi connectivity index (χ2v) is 12.6. The quantitative estimate of drug-likeness (QED) is 0.231. The third-order valence-corrected chi connectivity index (χ3v) is 7.44. The van der Waals surface area contributed by atoms with E-state index in [1.165, 1.54) is 6.33 Å². The molecule has 0 bridgehead atoms. The number of hydrogen-bond donors (Lipinski definition) is 2. The number of anilines is 2. The number of unbranched alkanes of at least 4 members (excludes halogenated alkanes) is 3. The molecule has 1 aromatic carbocycles. The first-order valence-corrected chi connectivity index (χ1v) is 15.1. The lowest BCUT2D eigenvalue weighted by Crippen LogP contribution is -2.35. The molecule has 0 amide bonds. The Labute approximate surface area is 255 Å². The lowest BCUT2D eigenvalue weighted by Gasteiger charge is -2.25. The zero-order valence-electron chi connectivity index (χ0n) is 26.0. The van der Waals surface area contributed by atoms with Gasteiger partial charge < -0.3 is 29.0 Å². The number of nitrogens with zero attached hydrogens (tertiary/aromatic N) is 3. The number of aromatic nitrogens is 4. The molecular weight excluding hydrogens is 570 g/mol.